The zero-order valence-corrected chi connectivity index (χ0v) is 8.18. The van der Waals surface area contributed by atoms with E-state index in [0.29, 0.717) is 11.5 Å². The molecule has 0 atom stereocenters. The Balaban J connectivity index is 1.97. The minimum absolute atomic E-state index is 0.0826. The average Bonchev–Trinajstić information content (AvgIpc) is 2.70. The van der Waals surface area contributed by atoms with Crippen molar-refractivity contribution in [3.63, 3.8) is 0 Å². The van der Waals surface area contributed by atoms with Crippen LogP contribution in [0, 0.1) is 0 Å². The lowest BCUT2D eigenvalue weighted by Gasteiger charge is -2.04. The van der Waals surface area contributed by atoms with Crippen LogP contribution in [0.2, 0.25) is 0 Å². The third-order valence-corrected chi connectivity index (χ3v) is 1.78. The molecule has 2 aromatic rings. The van der Waals surface area contributed by atoms with E-state index in [-0.39, 0.29) is 5.75 Å². The zero-order chi connectivity index (χ0) is 11.4. The van der Waals surface area contributed by atoms with E-state index in [1.807, 2.05) is 0 Å². The minimum atomic E-state index is -0.459. The molecule has 2 rings (SSSR count). The van der Waals surface area contributed by atoms with Gasteiger partial charge in [0.1, 0.15) is 12.0 Å². The molecule has 1 heterocycles. The van der Waals surface area contributed by atoms with Crippen molar-refractivity contribution in [2.75, 3.05) is 10.6 Å². The van der Waals surface area contributed by atoms with Crippen LogP contribution in [-0.4, -0.2) is 16.3 Å². The Kier molecular flexibility index (Phi) is 2.73. The normalized spacial score (nSPS) is 9.75. The van der Waals surface area contributed by atoms with Gasteiger partial charge in [-0.25, -0.2) is 4.79 Å². The number of aromatic hydroxyl groups is 1. The van der Waals surface area contributed by atoms with Gasteiger partial charge in [-0.15, -0.1) is 0 Å². The van der Waals surface area contributed by atoms with Crippen molar-refractivity contribution < 1.29 is 14.4 Å². The Morgan fingerprint density at radius 2 is 2.19 bits per heavy atom. The maximum absolute atomic E-state index is 11.4. The zero-order valence-electron chi connectivity index (χ0n) is 8.18. The molecule has 6 heteroatoms. The van der Waals surface area contributed by atoms with Crippen molar-refractivity contribution in [2.45, 2.75) is 0 Å². The predicted molar refractivity (Wildman–Crippen MR) is 57.3 cm³/mol. The number of anilines is 2. The first kappa shape index (κ1) is 10.0. The number of phenolic OH excluding ortho intramolecular Hbond substituents is 1. The van der Waals surface area contributed by atoms with E-state index >= 15 is 0 Å². The summed E-state index contributed by atoms with van der Waals surface area (Å²) in [4.78, 5) is 11.4. The second kappa shape index (κ2) is 4.35. The summed E-state index contributed by atoms with van der Waals surface area (Å²) in [6.07, 6.45) is 1.35. The molecule has 1 aromatic heterocycles. The van der Waals surface area contributed by atoms with Crippen molar-refractivity contribution in [1.29, 1.82) is 0 Å². The highest BCUT2D eigenvalue weighted by molar-refractivity contribution is 5.99. The van der Waals surface area contributed by atoms with Crippen molar-refractivity contribution in [1.82, 2.24) is 5.16 Å². The summed E-state index contributed by atoms with van der Waals surface area (Å²) < 4.78 is 4.55. The SMILES string of the molecule is O=C(Nc1cccc(O)c1)Nc1ccon1. The molecular formula is C10H9N3O3. The van der Waals surface area contributed by atoms with Crippen LogP contribution >= 0.6 is 0 Å². The highest BCUT2D eigenvalue weighted by Gasteiger charge is 2.04. The second-order valence-corrected chi connectivity index (χ2v) is 3.01. The van der Waals surface area contributed by atoms with Gasteiger partial charge in [0.2, 0.25) is 0 Å². The fraction of sp³-hybridized carbons (Fsp3) is 0. The van der Waals surface area contributed by atoms with Gasteiger partial charge in [-0.05, 0) is 12.1 Å². The van der Waals surface area contributed by atoms with E-state index in [9.17, 15) is 9.90 Å². The first-order valence-electron chi connectivity index (χ1n) is 4.51. The largest absolute Gasteiger partial charge is 0.508 e. The molecule has 16 heavy (non-hydrogen) atoms. The van der Waals surface area contributed by atoms with Gasteiger partial charge in [-0.2, -0.15) is 0 Å². The Hall–Kier alpha value is -2.50. The number of rotatable bonds is 2. The second-order valence-electron chi connectivity index (χ2n) is 3.01. The molecule has 0 saturated carbocycles. The molecule has 6 nitrogen and oxygen atoms in total. The van der Waals surface area contributed by atoms with Crippen LogP contribution in [0.1, 0.15) is 0 Å². The summed E-state index contributed by atoms with van der Waals surface area (Å²) in [5.41, 5.74) is 0.487. The first-order valence-corrected chi connectivity index (χ1v) is 4.51. The van der Waals surface area contributed by atoms with Crippen LogP contribution in [0.25, 0.3) is 0 Å². The molecular weight excluding hydrogens is 210 g/mol. The third kappa shape index (κ3) is 2.50. The monoisotopic (exact) mass is 219 g/mol. The van der Waals surface area contributed by atoms with Crippen LogP contribution < -0.4 is 10.6 Å². The molecule has 82 valence electrons. The number of urea groups is 1. The fourth-order valence-electron chi connectivity index (χ4n) is 1.14. The van der Waals surface area contributed by atoms with E-state index in [1.54, 1.807) is 12.1 Å². The topological polar surface area (TPSA) is 87.4 Å². The molecule has 0 aliphatic rings. The standard InChI is InChI=1S/C10H9N3O3/c14-8-3-1-2-7(6-8)11-10(15)12-9-4-5-16-13-9/h1-6,14H,(H2,11,12,13,15). The van der Waals surface area contributed by atoms with Gasteiger partial charge in [0.25, 0.3) is 0 Å². The number of hydrogen-bond acceptors (Lipinski definition) is 4. The number of phenols is 1. The van der Waals surface area contributed by atoms with E-state index in [0.717, 1.165) is 0 Å². The third-order valence-electron chi connectivity index (χ3n) is 1.78. The van der Waals surface area contributed by atoms with Crippen LogP contribution in [0.3, 0.4) is 0 Å². The molecule has 1 aromatic carbocycles. The highest BCUT2D eigenvalue weighted by Crippen LogP contribution is 2.15. The number of carbonyl (C=O) groups excluding carboxylic acids is 1. The van der Waals surface area contributed by atoms with Crippen molar-refractivity contribution >= 4 is 17.5 Å². The maximum Gasteiger partial charge on any atom is 0.324 e. The van der Waals surface area contributed by atoms with Gasteiger partial charge in [-0.3, -0.25) is 5.32 Å². The van der Waals surface area contributed by atoms with Crippen molar-refractivity contribution in [3.8, 4) is 5.75 Å². The smallest absolute Gasteiger partial charge is 0.324 e. The molecule has 0 radical (unpaired) electrons. The summed E-state index contributed by atoms with van der Waals surface area (Å²) in [7, 11) is 0. The molecule has 0 saturated heterocycles. The number of aromatic nitrogens is 1. The van der Waals surface area contributed by atoms with Gasteiger partial charge >= 0.3 is 6.03 Å². The molecule has 2 amide bonds. The molecule has 0 aliphatic heterocycles. The van der Waals surface area contributed by atoms with Gasteiger partial charge in [0.15, 0.2) is 5.82 Å². The Morgan fingerprint density at radius 3 is 2.88 bits per heavy atom. The van der Waals surface area contributed by atoms with E-state index < -0.39 is 6.03 Å². The maximum atomic E-state index is 11.4. The van der Waals surface area contributed by atoms with Gasteiger partial charge in [-0.1, -0.05) is 11.2 Å². The Bertz CT molecular complexity index is 482. The summed E-state index contributed by atoms with van der Waals surface area (Å²) >= 11 is 0. The highest BCUT2D eigenvalue weighted by atomic mass is 16.5. The number of benzene rings is 1. The number of amides is 2. The fourth-order valence-corrected chi connectivity index (χ4v) is 1.14. The van der Waals surface area contributed by atoms with E-state index in [4.69, 9.17) is 0 Å². The van der Waals surface area contributed by atoms with Gasteiger partial charge < -0.3 is 14.9 Å². The molecule has 0 spiro atoms. The Labute approximate surface area is 90.9 Å². The van der Waals surface area contributed by atoms with Crippen LogP contribution in [0.15, 0.2) is 41.1 Å². The van der Waals surface area contributed by atoms with Gasteiger partial charge in [0, 0.05) is 17.8 Å². The molecule has 0 aliphatic carbocycles. The van der Waals surface area contributed by atoms with Crippen molar-refractivity contribution in [2.24, 2.45) is 0 Å². The summed E-state index contributed by atoms with van der Waals surface area (Å²) in [5.74, 6) is 0.400. The number of nitrogens with one attached hydrogen (secondary N) is 2. The summed E-state index contributed by atoms with van der Waals surface area (Å²) in [6.45, 7) is 0. The first-order chi connectivity index (χ1) is 7.74. The van der Waals surface area contributed by atoms with E-state index in [2.05, 4.69) is 20.3 Å². The summed E-state index contributed by atoms with van der Waals surface area (Å²) in [5, 5.41) is 17.7. The van der Waals surface area contributed by atoms with E-state index in [1.165, 1.54) is 24.5 Å². The minimum Gasteiger partial charge on any atom is -0.508 e. The Morgan fingerprint density at radius 1 is 1.31 bits per heavy atom. The molecule has 0 unspecified atom stereocenters. The van der Waals surface area contributed by atoms with Crippen LogP contribution in [-0.2, 0) is 0 Å². The quantitative estimate of drug-likeness (QED) is 0.721. The number of hydrogen-bond donors (Lipinski definition) is 3. The predicted octanol–water partition coefficient (Wildman–Crippen LogP) is 2.02. The number of carbonyl (C=O) groups is 1. The molecule has 0 bridgehead atoms. The lowest BCUT2D eigenvalue weighted by atomic mass is 10.3. The van der Waals surface area contributed by atoms with Crippen molar-refractivity contribution in [3.05, 3.63) is 36.6 Å². The molecule has 0 fully saturated rings. The lowest BCUT2D eigenvalue weighted by molar-refractivity contribution is 0.262. The summed E-state index contributed by atoms with van der Waals surface area (Å²) in [6, 6.07) is 7.29. The number of nitrogens with zero attached hydrogens (tertiary/aromatic N) is 1. The van der Waals surface area contributed by atoms with Crippen LogP contribution in [0.4, 0.5) is 16.3 Å². The van der Waals surface area contributed by atoms with Gasteiger partial charge in [0.05, 0.1) is 0 Å². The average molecular weight is 219 g/mol. The molecule has 3 N–H and O–H groups in total. The van der Waals surface area contributed by atoms with Crippen LogP contribution in [0.5, 0.6) is 5.75 Å². The lowest BCUT2D eigenvalue weighted by Crippen LogP contribution is -2.19.